The van der Waals surface area contributed by atoms with E-state index in [9.17, 15) is 8.42 Å². The third-order valence-corrected chi connectivity index (χ3v) is 4.37. The Kier molecular flexibility index (Phi) is 3.47. The number of rotatable bonds is 4. The quantitative estimate of drug-likeness (QED) is 0.867. The Morgan fingerprint density at radius 1 is 1.29 bits per heavy atom. The van der Waals surface area contributed by atoms with E-state index in [4.69, 9.17) is 0 Å². The van der Waals surface area contributed by atoms with Gasteiger partial charge in [0.25, 0.3) is 0 Å². The van der Waals surface area contributed by atoms with Gasteiger partial charge in [0.15, 0.2) is 9.84 Å². The summed E-state index contributed by atoms with van der Waals surface area (Å²) in [6.45, 7) is 1.36. The zero-order valence-electron chi connectivity index (χ0n) is 11.6. The van der Waals surface area contributed by atoms with Gasteiger partial charge in [0, 0.05) is 18.0 Å². The van der Waals surface area contributed by atoms with Crippen LogP contribution in [0.4, 0.5) is 0 Å². The van der Waals surface area contributed by atoms with E-state index < -0.39 is 9.84 Å². The second-order valence-corrected chi connectivity index (χ2v) is 6.98. The maximum absolute atomic E-state index is 11.6. The van der Waals surface area contributed by atoms with Gasteiger partial charge < -0.3 is 0 Å². The minimum absolute atomic E-state index is 0.316. The van der Waals surface area contributed by atoms with Crippen molar-refractivity contribution in [1.29, 1.82) is 0 Å². The van der Waals surface area contributed by atoms with E-state index >= 15 is 0 Å². The topological polar surface area (TPSA) is 64.3 Å². The van der Waals surface area contributed by atoms with Gasteiger partial charge in [-0.2, -0.15) is 5.10 Å². The molecule has 0 bridgehead atoms. The van der Waals surface area contributed by atoms with Gasteiger partial charge in [-0.05, 0) is 23.8 Å². The SMILES string of the molecule is CS(=O)(=O)c1cccc(-c2cnn(CC3=NCC=C3)c2)c1. The lowest BCUT2D eigenvalue weighted by molar-refractivity contribution is 0.602. The lowest BCUT2D eigenvalue weighted by atomic mass is 10.1. The standard InChI is InChI=1S/C15H15N3O2S/c1-21(19,20)15-6-2-4-12(8-15)13-9-17-18(10-13)11-14-5-3-7-16-14/h2-6,8-10H,7,11H2,1H3. The molecule has 2 heterocycles. The van der Waals surface area contributed by atoms with Crippen molar-refractivity contribution in [3.63, 3.8) is 0 Å². The van der Waals surface area contributed by atoms with Gasteiger partial charge in [-0.3, -0.25) is 9.67 Å². The van der Waals surface area contributed by atoms with Crippen LogP contribution in [0.5, 0.6) is 0 Å². The van der Waals surface area contributed by atoms with Crippen LogP contribution in [-0.4, -0.2) is 36.7 Å². The zero-order chi connectivity index (χ0) is 14.9. The van der Waals surface area contributed by atoms with Gasteiger partial charge >= 0.3 is 0 Å². The summed E-state index contributed by atoms with van der Waals surface area (Å²) in [6.07, 6.45) is 8.84. The molecule has 1 aliphatic rings. The van der Waals surface area contributed by atoms with Gasteiger partial charge in [-0.25, -0.2) is 8.42 Å². The number of nitrogens with zero attached hydrogens (tertiary/aromatic N) is 3. The first-order chi connectivity index (χ1) is 10.0. The molecule has 2 aromatic rings. The highest BCUT2D eigenvalue weighted by Crippen LogP contribution is 2.22. The predicted octanol–water partition coefficient (Wildman–Crippen LogP) is 1.96. The van der Waals surface area contributed by atoms with Crippen LogP contribution >= 0.6 is 0 Å². The van der Waals surface area contributed by atoms with Crippen LogP contribution < -0.4 is 0 Å². The Balaban J connectivity index is 1.88. The van der Waals surface area contributed by atoms with E-state index in [1.165, 1.54) is 6.26 Å². The van der Waals surface area contributed by atoms with Crippen molar-refractivity contribution >= 4 is 15.5 Å². The highest BCUT2D eigenvalue weighted by atomic mass is 32.2. The molecule has 21 heavy (non-hydrogen) atoms. The van der Waals surface area contributed by atoms with Gasteiger partial charge in [0.05, 0.1) is 29.9 Å². The normalized spacial score (nSPS) is 14.4. The molecule has 1 aromatic heterocycles. The van der Waals surface area contributed by atoms with Gasteiger partial charge in [0.2, 0.25) is 0 Å². The van der Waals surface area contributed by atoms with Crippen molar-refractivity contribution in [3.05, 3.63) is 48.8 Å². The Morgan fingerprint density at radius 2 is 2.14 bits per heavy atom. The first-order valence-corrected chi connectivity index (χ1v) is 8.44. The molecule has 0 radical (unpaired) electrons. The number of hydrogen-bond acceptors (Lipinski definition) is 4. The molecule has 0 saturated heterocycles. The molecule has 0 unspecified atom stereocenters. The first kappa shape index (κ1) is 13.8. The molecule has 0 spiro atoms. The summed E-state index contributed by atoms with van der Waals surface area (Å²) >= 11 is 0. The van der Waals surface area contributed by atoms with E-state index in [2.05, 4.69) is 10.1 Å². The van der Waals surface area contributed by atoms with Crippen LogP contribution in [0, 0.1) is 0 Å². The van der Waals surface area contributed by atoms with Crippen molar-refractivity contribution in [2.24, 2.45) is 4.99 Å². The smallest absolute Gasteiger partial charge is 0.175 e. The summed E-state index contributed by atoms with van der Waals surface area (Å²) in [5, 5.41) is 4.30. The highest BCUT2D eigenvalue weighted by Gasteiger charge is 2.10. The molecule has 0 aliphatic carbocycles. The molecule has 0 saturated carbocycles. The highest BCUT2D eigenvalue weighted by molar-refractivity contribution is 7.90. The fourth-order valence-electron chi connectivity index (χ4n) is 2.19. The average molecular weight is 301 g/mol. The third-order valence-electron chi connectivity index (χ3n) is 3.26. The van der Waals surface area contributed by atoms with Gasteiger partial charge in [0.1, 0.15) is 0 Å². The lowest BCUT2D eigenvalue weighted by Gasteiger charge is -2.02. The predicted molar refractivity (Wildman–Crippen MR) is 82.2 cm³/mol. The monoisotopic (exact) mass is 301 g/mol. The van der Waals surface area contributed by atoms with Crippen LogP contribution in [-0.2, 0) is 16.4 Å². The molecule has 0 N–H and O–H groups in total. The molecule has 1 aliphatic heterocycles. The summed E-state index contributed by atoms with van der Waals surface area (Å²) in [7, 11) is -3.20. The number of allylic oxidation sites excluding steroid dienone is 1. The molecule has 1 aromatic carbocycles. The summed E-state index contributed by atoms with van der Waals surface area (Å²) in [6, 6.07) is 6.89. The molecule has 3 rings (SSSR count). The summed E-state index contributed by atoms with van der Waals surface area (Å²) < 4.78 is 25.0. The van der Waals surface area contributed by atoms with Crippen LogP contribution in [0.3, 0.4) is 0 Å². The van der Waals surface area contributed by atoms with Crippen molar-refractivity contribution in [2.75, 3.05) is 12.8 Å². The Morgan fingerprint density at radius 3 is 2.86 bits per heavy atom. The molecule has 0 fully saturated rings. The van der Waals surface area contributed by atoms with Crippen molar-refractivity contribution in [3.8, 4) is 11.1 Å². The zero-order valence-corrected chi connectivity index (χ0v) is 12.4. The molecular weight excluding hydrogens is 286 g/mol. The summed E-state index contributed by atoms with van der Waals surface area (Å²) in [5.41, 5.74) is 2.73. The van der Waals surface area contributed by atoms with Gasteiger partial charge in [-0.1, -0.05) is 18.2 Å². The number of benzene rings is 1. The van der Waals surface area contributed by atoms with E-state index in [1.54, 1.807) is 29.1 Å². The third kappa shape index (κ3) is 3.11. The minimum atomic E-state index is -3.20. The van der Waals surface area contributed by atoms with E-state index in [-0.39, 0.29) is 0 Å². The average Bonchev–Trinajstić information content (AvgIpc) is 3.10. The fraction of sp³-hybridized carbons (Fsp3) is 0.200. The molecule has 6 heteroatoms. The number of aromatic nitrogens is 2. The second kappa shape index (κ2) is 5.29. The first-order valence-electron chi connectivity index (χ1n) is 6.55. The van der Waals surface area contributed by atoms with Crippen molar-refractivity contribution in [1.82, 2.24) is 9.78 Å². The number of sulfone groups is 1. The van der Waals surface area contributed by atoms with E-state index in [1.807, 2.05) is 24.4 Å². The maximum Gasteiger partial charge on any atom is 0.175 e. The Bertz CT molecular complexity index is 832. The van der Waals surface area contributed by atoms with E-state index in [0.717, 1.165) is 23.4 Å². The number of hydrogen-bond donors (Lipinski definition) is 0. The number of aliphatic imine (C=N–C) groups is 1. The van der Waals surface area contributed by atoms with Crippen molar-refractivity contribution < 1.29 is 8.42 Å². The largest absolute Gasteiger partial charge is 0.284 e. The Labute approximate surface area is 123 Å². The van der Waals surface area contributed by atoms with Gasteiger partial charge in [-0.15, -0.1) is 0 Å². The molecule has 0 amide bonds. The van der Waals surface area contributed by atoms with Crippen molar-refractivity contribution in [2.45, 2.75) is 11.4 Å². The van der Waals surface area contributed by atoms with Crippen LogP contribution in [0.2, 0.25) is 0 Å². The second-order valence-electron chi connectivity index (χ2n) is 4.96. The minimum Gasteiger partial charge on any atom is -0.284 e. The lowest BCUT2D eigenvalue weighted by Crippen LogP contribution is -2.06. The summed E-state index contributed by atoms with van der Waals surface area (Å²) in [5.74, 6) is 0. The molecular formula is C15H15N3O2S. The Hall–Kier alpha value is -2.21. The van der Waals surface area contributed by atoms with Crippen LogP contribution in [0.25, 0.3) is 11.1 Å². The molecule has 108 valence electrons. The van der Waals surface area contributed by atoms with Crippen LogP contribution in [0.15, 0.2) is 58.7 Å². The van der Waals surface area contributed by atoms with Crippen LogP contribution in [0.1, 0.15) is 0 Å². The maximum atomic E-state index is 11.6. The molecule has 0 atom stereocenters. The molecule has 5 nitrogen and oxygen atoms in total. The fourth-order valence-corrected chi connectivity index (χ4v) is 2.85. The summed E-state index contributed by atoms with van der Waals surface area (Å²) in [4.78, 5) is 4.64. The van der Waals surface area contributed by atoms with E-state index in [0.29, 0.717) is 11.4 Å².